The number of carbonyl (C=O) groups is 3. The van der Waals surface area contributed by atoms with Crippen LogP contribution < -0.4 is 5.32 Å². The first-order valence-electron chi connectivity index (χ1n) is 10.2. The van der Waals surface area contributed by atoms with E-state index in [2.05, 4.69) is 5.32 Å². The molecule has 1 aliphatic heterocycles. The molecule has 0 bridgehead atoms. The number of nitrogens with one attached hydrogen (secondary N) is 1. The van der Waals surface area contributed by atoms with Gasteiger partial charge in [-0.3, -0.25) is 13.8 Å². The maximum atomic E-state index is 12.6. The molecule has 202 valence electrons. The Labute approximate surface area is 222 Å². The third-order valence-corrected chi connectivity index (χ3v) is 6.24. The Bertz CT molecular complexity index is 1050. The third kappa shape index (κ3) is 9.21. The number of aliphatic hydroxyl groups is 1. The minimum atomic E-state index is -4.28. The lowest BCUT2D eigenvalue weighted by molar-refractivity contribution is -0.261. The average Bonchev–Trinajstić information content (AvgIpc) is 2.74. The van der Waals surface area contributed by atoms with E-state index in [1.54, 1.807) is 19.1 Å². The fourth-order valence-electron chi connectivity index (χ4n) is 3.13. The van der Waals surface area contributed by atoms with E-state index in [1.165, 1.54) is 12.1 Å². The second kappa shape index (κ2) is 12.6. The zero-order valence-corrected chi connectivity index (χ0v) is 22.3. The summed E-state index contributed by atoms with van der Waals surface area (Å²) in [6, 6.07) is 4.25. The molecule has 0 radical (unpaired) electrons. The molecule has 5 atom stereocenters. The molecule has 36 heavy (non-hydrogen) atoms. The number of halogens is 3. The molecular weight excluding hydrogens is 569 g/mol. The van der Waals surface area contributed by atoms with Gasteiger partial charge in [0.05, 0.1) is 11.5 Å². The molecule has 1 amide bonds. The van der Waals surface area contributed by atoms with Gasteiger partial charge in [0.1, 0.15) is 18.8 Å². The number of benzene rings is 1. The summed E-state index contributed by atoms with van der Waals surface area (Å²) in [6.07, 6.45) is -7.59. The van der Waals surface area contributed by atoms with Gasteiger partial charge in [-0.15, -0.1) is 0 Å². The zero-order valence-electron chi connectivity index (χ0n) is 19.2. The van der Waals surface area contributed by atoms with Crippen LogP contribution in [0.3, 0.4) is 0 Å². The normalized spacial score (nSPS) is 24.5. The number of hydrogen-bond donors (Lipinski definition) is 2. The Morgan fingerprint density at radius 3 is 2.14 bits per heavy atom. The molecule has 2 N–H and O–H groups in total. The van der Waals surface area contributed by atoms with E-state index < -0.39 is 75.8 Å². The van der Waals surface area contributed by atoms with E-state index in [4.69, 9.17) is 57.9 Å². The number of rotatable bonds is 8. The summed E-state index contributed by atoms with van der Waals surface area (Å²) < 4.78 is 48.8. The molecule has 2 rings (SSSR count). The summed E-state index contributed by atoms with van der Waals surface area (Å²) in [5.41, 5.74) is 0.817. The van der Waals surface area contributed by atoms with Crippen molar-refractivity contribution in [2.24, 2.45) is 0 Å². The lowest BCUT2D eigenvalue weighted by Gasteiger charge is -2.43. The van der Waals surface area contributed by atoms with Crippen LogP contribution in [0.25, 0.3) is 0 Å². The average molecular weight is 593 g/mol. The quantitative estimate of drug-likeness (QED) is 0.196. The standard InChI is InChI=1S/C20H24Cl3NO11S/c1-10-4-6-13(7-5-10)36(29,30)32-8-14-16(33-11(2)25)17(34-12(3)26)15(18(27)35-14)24-19(28)31-9-20(21,22)23/h4-7,14-18,27H,8-9H2,1-3H3,(H,24,28)/t14-,15-,16-,17-,18-/m1/s1. The van der Waals surface area contributed by atoms with Crippen LogP contribution in [0, 0.1) is 6.92 Å². The number of carbonyl (C=O) groups excluding carboxylic acids is 3. The van der Waals surface area contributed by atoms with Crippen molar-refractivity contribution >= 4 is 63.0 Å². The van der Waals surface area contributed by atoms with Gasteiger partial charge in [0.15, 0.2) is 18.5 Å². The summed E-state index contributed by atoms with van der Waals surface area (Å²) in [5.74, 6) is -1.74. The van der Waals surface area contributed by atoms with E-state index in [1.807, 2.05) is 0 Å². The molecule has 1 saturated heterocycles. The molecule has 0 saturated carbocycles. The second-order valence-corrected chi connectivity index (χ2v) is 11.8. The Morgan fingerprint density at radius 1 is 1.06 bits per heavy atom. The van der Waals surface area contributed by atoms with Crippen molar-refractivity contribution in [3.05, 3.63) is 29.8 Å². The van der Waals surface area contributed by atoms with Gasteiger partial charge < -0.3 is 29.4 Å². The number of esters is 2. The number of hydrogen-bond acceptors (Lipinski definition) is 11. The summed E-state index contributed by atoms with van der Waals surface area (Å²) >= 11 is 16.6. The lowest BCUT2D eigenvalue weighted by atomic mass is 9.96. The summed E-state index contributed by atoms with van der Waals surface area (Å²) in [4.78, 5) is 35.5. The Balaban J connectivity index is 2.26. The van der Waals surface area contributed by atoms with Crippen LogP contribution in [0.15, 0.2) is 29.2 Å². The maximum Gasteiger partial charge on any atom is 0.407 e. The number of alkyl carbamates (subject to hydrolysis) is 1. The van der Waals surface area contributed by atoms with Crippen LogP contribution in [0.2, 0.25) is 0 Å². The molecule has 1 fully saturated rings. The third-order valence-electron chi connectivity index (χ3n) is 4.62. The molecule has 1 heterocycles. The molecule has 16 heteroatoms. The van der Waals surface area contributed by atoms with Crippen molar-refractivity contribution in [3.63, 3.8) is 0 Å². The fourth-order valence-corrected chi connectivity index (χ4v) is 4.21. The minimum absolute atomic E-state index is 0.152. The van der Waals surface area contributed by atoms with Gasteiger partial charge in [-0.05, 0) is 19.1 Å². The van der Waals surface area contributed by atoms with E-state index in [0.29, 0.717) is 0 Å². The molecule has 1 aromatic rings. The molecule has 0 unspecified atom stereocenters. The van der Waals surface area contributed by atoms with Gasteiger partial charge in [0.2, 0.25) is 3.79 Å². The lowest BCUT2D eigenvalue weighted by Crippen LogP contribution is -2.66. The predicted octanol–water partition coefficient (Wildman–Crippen LogP) is 1.75. The van der Waals surface area contributed by atoms with E-state index in [9.17, 15) is 27.9 Å². The molecule has 0 spiro atoms. The number of aliphatic hydroxyl groups excluding tert-OH is 1. The summed E-state index contributed by atoms with van der Waals surface area (Å²) in [5, 5.41) is 12.7. The highest BCUT2D eigenvalue weighted by molar-refractivity contribution is 7.86. The largest absolute Gasteiger partial charge is 0.456 e. The van der Waals surface area contributed by atoms with Gasteiger partial charge in [-0.2, -0.15) is 8.42 Å². The topological polar surface area (TPSA) is 164 Å². The van der Waals surface area contributed by atoms with E-state index in [0.717, 1.165) is 19.4 Å². The predicted molar refractivity (Wildman–Crippen MR) is 125 cm³/mol. The number of ether oxygens (including phenoxy) is 4. The first-order chi connectivity index (χ1) is 16.6. The Hall–Kier alpha value is -1.87. The van der Waals surface area contributed by atoms with Gasteiger partial charge in [-0.25, -0.2) is 4.79 Å². The first-order valence-corrected chi connectivity index (χ1v) is 12.8. The number of alkyl halides is 3. The molecule has 12 nitrogen and oxygen atoms in total. The summed E-state index contributed by atoms with van der Waals surface area (Å²) in [7, 11) is -4.28. The first kappa shape index (κ1) is 30.4. The van der Waals surface area contributed by atoms with Gasteiger partial charge >= 0.3 is 18.0 Å². The fraction of sp³-hybridized carbons (Fsp3) is 0.550. The summed E-state index contributed by atoms with van der Waals surface area (Å²) in [6.45, 7) is 2.43. The molecule has 0 aliphatic carbocycles. The Morgan fingerprint density at radius 2 is 1.61 bits per heavy atom. The van der Waals surface area contributed by atoms with Crippen LogP contribution >= 0.6 is 34.8 Å². The van der Waals surface area contributed by atoms with Crippen LogP contribution in [-0.4, -0.2) is 79.2 Å². The molecule has 1 aromatic carbocycles. The van der Waals surface area contributed by atoms with Crippen LogP contribution in [0.4, 0.5) is 4.79 Å². The Kier molecular flexibility index (Phi) is 10.6. The highest BCUT2D eigenvalue weighted by Gasteiger charge is 2.51. The van der Waals surface area contributed by atoms with Crippen molar-refractivity contribution in [2.45, 2.75) is 60.1 Å². The zero-order chi connectivity index (χ0) is 27.3. The van der Waals surface area contributed by atoms with Crippen molar-refractivity contribution in [1.29, 1.82) is 0 Å². The molecule has 0 aromatic heterocycles. The highest BCUT2D eigenvalue weighted by Crippen LogP contribution is 2.28. The SMILES string of the molecule is CC(=O)O[C@@H]1[C@@H](NC(=O)OCC(Cl)(Cl)Cl)[C@H](O)O[C@H](COS(=O)(=O)c2ccc(C)cc2)[C@H]1OC(C)=O. The number of amides is 1. The van der Waals surface area contributed by atoms with Crippen molar-refractivity contribution in [1.82, 2.24) is 5.32 Å². The van der Waals surface area contributed by atoms with E-state index in [-0.39, 0.29) is 4.90 Å². The van der Waals surface area contributed by atoms with Crippen molar-refractivity contribution < 1.29 is 51.0 Å². The molecular formula is C20H24Cl3NO11S. The van der Waals surface area contributed by atoms with Crippen LogP contribution in [0.5, 0.6) is 0 Å². The monoisotopic (exact) mass is 591 g/mol. The maximum absolute atomic E-state index is 12.6. The van der Waals surface area contributed by atoms with Gasteiger partial charge in [0.25, 0.3) is 10.1 Å². The van der Waals surface area contributed by atoms with E-state index >= 15 is 0 Å². The van der Waals surface area contributed by atoms with Crippen molar-refractivity contribution in [3.8, 4) is 0 Å². The number of aryl methyl sites for hydroxylation is 1. The second-order valence-electron chi connectivity index (χ2n) is 7.63. The van der Waals surface area contributed by atoms with Crippen LogP contribution in [0.1, 0.15) is 19.4 Å². The smallest absolute Gasteiger partial charge is 0.407 e. The highest BCUT2D eigenvalue weighted by atomic mass is 35.6. The van der Waals surface area contributed by atoms with Crippen molar-refractivity contribution in [2.75, 3.05) is 13.2 Å². The van der Waals surface area contributed by atoms with Gasteiger partial charge in [0, 0.05) is 13.8 Å². The van der Waals surface area contributed by atoms with Crippen LogP contribution in [-0.2, 0) is 42.8 Å². The molecule has 1 aliphatic rings. The van der Waals surface area contributed by atoms with Gasteiger partial charge in [-0.1, -0.05) is 52.5 Å². The minimum Gasteiger partial charge on any atom is -0.456 e.